The van der Waals surface area contributed by atoms with E-state index in [4.69, 9.17) is 17.3 Å². The highest BCUT2D eigenvalue weighted by Crippen LogP contribution is 2.36. The third-order valence-electron chi connectivity index (χ3n) is 3.63. The maximum Gasteiger partial charge on any atom is 0.266 e. The van der Waals surface area contributed by atoms with E-state index in [0.29, 0.717) is 28.7 Å². The number of hydrogen-bond donors (Lipinski definition) is 1. The maximum absolute atomic E-state index is 12.6. The van der Waals surface area contributed by atoms with Crippen LogP contribution in [0, 0.1) is 0 Å². The summed E-state index contributed by atoms with van der Waals surface area (Å²) >= 11 is 7.30. The molecule has 7 heteroatoms. The Balaban J connectivity index is 1.95. The van der Waals surface area contributed by atoms with E-state index in [1.54, 1.807) is 29.0 Å². The standard InChI is InChI=1S/C14H14ClN3O2S/c1-17-4-5-18(7-11(17)19)14(20)13-12(16)9-6-8(15)2-3-10(9)21-13/h2-3,6H,4-5,7,16H2,1H3. The van der Waals surface area contributed by atoms with Gasteiger partial charge in [-0.15, -0.1) is 11.3 Å². The van der Waals surface area contributed by atoms with Gasteiger partial charge in [-0.25, -0.2) is 0 Å². The molecule has 0 aliphatic carbocycles. The number of benzene rings is 1. The van der Waals surface area contributed by atoms with Crippen LogP contribution in [0.1, 0.15) is 9.67 Å². The molecule has 2 amide bonds. The number of nitrogens with two attached hydrogens (primary N) is 1. The zero-order chi connectivity index (χ0) is 15.1. The van der Waals surface area contributed by atoms with Gasteiger partial charge in [0.25, 0.3) is 5.91 Å². The van der Waals surface area contributed by atoms with Crippen molar-refractivity contribution in [1.82, 2.24) is 9.80 Å². The van der Waals surface area contributed by atoms with E-state index in [1.165, 1.54) is 11.3 Å². The predicted molar refractivity (Wildman–Crippen MR) is 84.8 cm³/mol. The van der Waals surface area contributed by atoms with Crippen molar-refractivity contribution >= 4 is 50.5 Å². The third-order valence-corrected chi connectivity index (χ3v) is 5.04. The highest BCUT2D eigenvalue weighted by Gasteiger charge is 2.28. The molecule has 3 rings (SSSR count). The van der Waals surface area contributed by atoms with Gasteiger partial charge in [0.1, 0.15) is 11.4 Å². The summed E-state index contributed by atoms with van der Waals surface area (Å²) in [5.41, 5.74) is 6.53. The first kappa shape index (κ1) is 14.2. The van der Waals surface area contributed by atoms with Crippen molar-refractivity contribution in [2.75, 3.05) is 32.4 Å². The van der Waals surface area contributed by atoms with Crippen LogP contribution in [0.5, 0.6) is 0 Å². The molecule has 1 saturated heterocycles. The van der Waals surface area contributed by atoms with Crippen molar-refractivity contribution < 1.29 is 9.59 Å². The summed E-state index contributed by atoms with van der Waals surface area (Å²) in [6, 6.07) is 5.38. The second-order valence-corrected chi connectivity index (χ2v) is 6.52. The van der Waals surface area contributed by atoms with Crippen molar-refractivity contribution in [2.45, 2.75) is 0 Å². The molecule has 1 aliphatic heterocycles. The van der Waals surface area contributed by atoms with E-state index < -0.39 is 0 Å². The average molecular weight is 324 g/mol. The minimum absolute atomic E-state index is 0.0580. The molecule has 5 nitrogen and oxygen atoms in total. The minimum Gasteiger partial charge on any atom is -0.397 e. The lowest BCUT2D eigenvalue weighted by Gasteiger charge is -2.31. The van der Waals surface area contributed by atoms with Crippen molar-refractivity contribution in [3.8, 4) is 0 Å². The molecule has 21 heavy (non-hydrogen) atoms. The lowest BCUT2D eigenvalue weighted by atomic mass is 10.2. The van der Waals surface area contributed by atoms with Gasteiger partial charge in [0.2, 0.25) is 5.91 Å². The number of thiophene rings is 1. The number of amides is 2. The number of fused-ring (bicyclic) bond motifs is 1. The van der Waals surface area contributed by atoms with Gasteiger partial charge in [-0.1, -0.05) is 11.6 Å². The predicted octanol–water partition coefficient (Wildman–Crippen LogP) is 2.05. The molecule has 1 aromatic heterocycles. The Hall–Kier alpha value is -1.79. The summed E-state index contributed by atoms with van der Waals surface area (Å²) in [6.45, 7) is 1.17. The molecule has 2 aromatic rings. The highest BCUT2D eigenvalue weighted by molar-refractivity contribution is 7.21. The smallest absolute Gasteiger partial charge is 0.266 e. The van der Waals surface area contributed by atoms with Gasteiger partial charge in [-0.2, -0.15) is 0 Å². The summed E-state index contributed by atoms with van der Waals surface area (Å²) in [5.74, 6) is -0.247. The Morgan fingerprint density at radius 1 is 1.38 bits per heavy atom. The largest absolute Gasteiger partial charge is 0.397 e. The molecule has 1 fully saturated rings. The zero-order valence-electron chi connectivity index (χ0n) is 11.4. The van der Waals surface area contributed by atoms with E-state index in [1.807, 2.05) is 6.07 Å². The Morgan fingerprint density at radius 3 is 2.86 bits per heavy atom. The number of rotatable bonds is 1. The van der Waals surface area contributed by atoms with Gasteiger partial charge >= 0.3 is 0 Å². The van der Waals surface area contributed by atoms with Crippen LogP contribution in [0.25, 0.3) is 10.1 Å². The van der Waals surface area contributed by atoms with Crippen LogP contribution in [0.4, 0.5) is 5.69 Å². The van der Waals surface area contributed by atoms with Crippen LogP contribution in [0.15, 0.2) is 18.2 Å². The zero-order valence-corrected chi connectivity index (χ0v) is 13.0. The number of hydrogen-bond acceptors (Lipinski definition) is 4. The van der Waals surface area contributed by atoms with Crippen LogP contribution in [-0.2, 0) is 4.79 Å². The fraction of sp³-hybridized carbons (Fsp3) is 0.286. The molecule has 0 radical (unpaired) electrons. The molecule has 0 atom stereocenters. The average Bonchev–Trinajstić information content (AvgIpc) is 2.78. The summed E-state index contributed by atoms with van der Waals surface area (Å²) in [6.07, 6.45) is 0. The van der Waals surface area contributed by atoms with E-state index in [2.05, 4.69) is 0 Å². The molecular formula is C14H14ClN3O2S. The second kappa shape index (κ2) is 5.20. The van der Waals surface area contributed by atoms with Gasteiger partial charge in [0.15, 0.2) is 0 Å². The molecular weight excluding hydrogens is 310 g/mol. The van der Waals surface area contributed by atoms with Crippen LogP contribution in [0.3, 0.4) is 0 Å². The van der Waals surface area contributed by atoms with Crippen molar-refractivity contribution in [3.05, 3.63) is 28.1 Å². The van der Waals surface area contributed by atoms with E-state index in [9.17, 15) is 9.59 Å². The topological polar surface area (TPSA) is 66.6 Å². The quantitative estimate of drug-likeness (QED) is 0.873. The summed E-state index contributed by atoms with van der Waals surface area (Å²) in [4.78, 5) is 28.0. The lowest BCUT2D eigenvalue weighted by molar-refractivity contribution is -0.133. The summed E-state index contributed by atoms with van der Waals surface area (Å²) in [7, 11) is 1.74. The molecule has 0 saturated carbocycles. The lowest BCUT2D eigenvalue weighted by Crippen LogP contribution is -2.50. The fourth-order valence-electron chi connectivity index (χ4n) is 2.32. The molecule has 110 valence electrons. The minimum atomic E-state index is -0.189. The van der Waals surface area contributed by atoms with E-state index >= 15 is 0 Å². The van der Waals surface area contributed by atoms with Gasteiger partial charge in [0, 0.05) is 35.2 Å². The number of nitrogen functional groups attached to an aromatic ring is 1. The molecule has 2 heterocycles. The molecule has 0 unspecified atom stereocenters. The van der Waals surface area contributed by atoms with Gasteiger partial charge in [-0.05, 0) is 18.2 Å². The molecule has 0 spiro atoms. The van der Waals surface area contributed by atoms with E-state index in [0.717, 1.165) is 10.1 Å². The van der Waals surface area contributed by atoms with Crippen LogP contribution < -0.4 is 5.73 Å². The third kappa shape index (κ3) is 2.45. The Labute approximate surface area is 130 Å². The molecule has 0 bridgehead atoms. The molecule has 1 aromatic carbocycles. The Bertz CT molecular complexity index is 743. The summed E-state index contributed by atoms with van der Waals surface area (Å²) < 4.78 is 0.917. The van der Waals surface area contributed by atoms with E-state index in [-0.39, 0.29) is 18.4 Å². The highest BCUT2D eigenvalue weighted by atomic mass is 35.5. The van der Waals surface area contributed by atoms with Crippen LogP contribution >= 0.6 is 22.9 Å². The second-order valence-electron chi connectivity index (χ2n) is 5.03. The van der Waals surface area contributed by atoms with Gasteiger partial charge in [-0.3, -0.25) is 9.59 Å². The SMILES string of the molecule is CN1CCN(C(=O)c2sc3ccc(Cl)cc3c2N)CC1=O. The van der Waals surface area contributed by atoms with Crippen molar-refractivity contribution in [1.29, 1.82) is 0 Å². The Morgan fingerprint density at radius 2 is 2.14 bits per heavy atom. The molecule has 1 aliphatic rings. The normalized spacial score (nSPS) is 15.8. The number of nitrogens with zero attached hydrogens (tertiary/aromatic N) is 2. The number of anilines is 1. The fourth-order valence-corrected chi connectivity index (χ4v) is 3.57. The number of halogens is 1. The van der Waals surface area contributed by atoms with Crippen molar-refractivity contribution in [2.24, 2.45) is 0 Å². The number of carbonyl (C=O) groups is 2. The van der Waals surface area contributed by atoms with Gasteiger partial charge < -0.3 is 15.5 Å². The first-order chi connectivity index (χ1) is 9.97. The van der Waals surface area contributed by atoms with Gasteiger partial charge in [0.05, 0.1) is 5.69 Å². The first-order valence-electron chi connectivity index (χ1n) is 6.48. The first-order valence-corrected chi connectivity index (χ1v) is 7.67. The monoisotopic (exact) mass is 323 g/mol. The number of likely N-dealkylation sites (N-methyl/N-ethyl adjacent to an activating group) is 1. The number of piperazine rings is 1. The van der Waals surface area contributed by atoms with Crippen LogP contribution in [0.2, 0.25) is 5.02 Å². The molecule has 2 N–H and O–H groups in total. The number of carbonyl (C=O) groups excluding carboxylic acids is 2. The van der Waals surface area contributed by atoms with Crippen LogP contribution in [-0.4, -0.2) is 48.3 Å². The van der Waals surface area contributed by atoms with Crippen molar-refractivity contribution in [3.63, 3.8) is 0 Å². The summed E-state index contributed by atoms with van der Waals surface area (Å²) in [5, 5.41) is 1.37. The Kier molecular flexibility index (Phi) is 3.51. The maximum atomic E-state index is 12.6.